The number of rotatable bonds is 8. The third-order valence-electron chi connectivity index (χ3n) is 4.16. The fraction of sp³-hybridized carbons (Fsp3) is 0.222. The molecule has 0 unspecified atom stereocenters. The Morgan fingerprint density at radius 1 is 0.968 bits per heavy atom. The monoisotopic (exact) mass is 477 g/mol. The number of nitrogens with one attached hydrogen (secondary N) is 1. The van der Waals surface area contributed by atoms with E-state index in [-0.39, 0.29) is 35.3 Å². The maximum atomic E-state index is 11.3. The number of thioether (sulfide) groups is 1. The number of aromatic amines is 1. The van der Waals surface area contributed by atoms with Gasteiger partial charge in [-0.25, -0.2) is 4.57 Å². The molecule has 2 aromatic carbocycles. The molecule has 0 radical (unpaired) electrons. The molecule has 1 aromatic heterocycles. The standard InChI is InChI=1S/C18H20N3O7PS.Na.H/c1-25-13-8-11(9-14(26-2)18(13)27-3)17-16(19-21-20-17)10-5-6-15(30-4)12(7-10)28-29(22,23)24;;/h5-9H,1-4H3,(H,19,20,21)(H2,22,23,24);;. The van der Waals surface area contributed by atoms with Crippen molar-refractivity contribution in [2.45, 2.75) is 4.90 Å². The molecular formula is C18H21N3NaO7PS. The quantitative estimate of drug-likeness (QED) is 0.252. The van der Waals surface area contributed by atoms with Gasteiger partial charge in [-0.2, -0.15) is 0 Å². The summed E-state index contributed by atoms with van der Waals surface area (Å²) in [5.74, 6) is 1.39. The topological polar surface area (TPSA) is 136 Å². The summed E-state index contributed by atoms with van der Waals surface area (Å²) in [6, 6.07) is 8.44. The van der Waals surface area contributed by atoms with Crippen molar-refractivity contribution in [3.05, 3.63) is 30.3 Å². The van der Waals surface area contributed by atoms with Gasteiger partial charge in [0.2, 0.25) is 5.75 Å². The zero-order chi connectivity index (χ0) is 21.9. The predicted octanol–water partition coefficient (Wildman–Crippen LogP) is 2.71. The molecule has 0 atom stereocenters. The van der Waals surface area contributed by atoms with Crippen molar-refractivity contribution in [2.24, 2.45) is 0 Å². The van der Waals surface area contributed by atoms with E-state index >= 15 is 0 Å². The number of H-pyrrole nitrogens is 1. The van der Waals surface area contributed by atoms with Crippen molar-refractivity contribution < 1.29 is 33.1 Å². The maximum absolute atomic E-state index is 11.3. The Kier molecular flexibility index (Phi) is 8.84. The van der Waals surface area contributed by atoms with E-state index in [2.05, 4.69) is 15.4 Å². The third-order valence-corrected chi connectivity index (χ3v) is 5.37. The van der Waals surface area contributed by atoms with Crippen LogP contribution in [0.1, 0.15) is 0 Å². The first-order valence-electron chi connectivity index (χ1n) is 8.46. The van der Waals surface area contributed by atoms with Gasteiger partial charge in [0.1, 0.15) is 11.4 Å². The van der Waals surface area contributed by atoms with Crippen molar-refractivity contribution in [3.8, 4) is 45.5 Å². The first-order chi connectivity index (χ1) is 14.3. The molecule has 0 aliphatic heterocycles. The number of ether oxygens (including phenoxy) is 3. The predicted molar refractivity (Wildman–Crippen MR) is 119 cm³/mol. The van der Waals surface area contributed by atoms with Crippen molar-refractivity contribution in [2.75, 3.05) is 27.6 Å². The molecule has 13 heteroatoms. The van der Waals surface area contributed by atoms with Crippen LogP contribution in [0.5, 0.6) is 23.0 Å². The number of phosphoric acid groups is 1. The van der Waals surface area contributed by atoms with Crippen molar-refractivity contribution in [1.29, 1.82) is 0 Å². The summed E-state index contributed by atoms with van der Waals surface area (Å²) in [5, 5.41) is 10.9. The Balaban J connectivity index is 0.00000341. The molecule has 0 aliphatic rings. The zero-order valence-electron chi connectivity index (χ0n) is 16.6. The molecule has 0 amide bonds. The second kappa shape index (κ2) is 10.7. The van der Waals surface area contributed by atoms with E-state index < -0.39 is 7.82 Å². The van der Waals surface area contributed by atoms with Gasteiger partial charge in [0.25, 0.3) is 0 Å². The van der Waals surface area contributed by atoms with Gasteiger partial charge < -0.3 is 18.7 Å². The zero-order valence-corrected chi connectivity index (χ0v) is 18.3. The Labute approximate surface area is 205 Å². The van der Waals surface area contributed by atoms with Crippen molar-refractivity contribution in [1.82, 2.24) is 15.4 Å². The van der Waals surface area contributed by atoms with Gasteiger partial charge in [-0.15, -0.1) is 16.9 Å². The summed E-state index contributed by atoms with van der Waals surface area (Å²) in [6.07, 6.45) is 1.78. The van der Waals surface area contributed by atoms with Crippen LogP contribution in [0.2, 0.25) is 0 Å². The van der Waals surface area contributed by atoms with Crippen molar-refractivity contribution >= 4 is 49.1 Å². The van der Waals surface area contributed by atoms with E-state index in [4.69, 9.17) is 18.7 Å². The number of benzene rings is 2. The van der Waals surface area contributed by atoms with Crippen molar-refractivity contribution in [3.63, 3.8) is 0 Å². The average Bonchev–Trinajstić information content (AvgIpc) is 3.21. The molecule has 1 heterocycles. The molecule has 10 nitrogen and oxygen atoms in total. The Morgan fingerprint density at radius 2 is 1.58 bits per heavy atom. The minimum atomic E-state index is -4.73. The molecule has 3 rings (SSSR count). The van der Waals surface area contributed by atoms with Crippen LogP contribution in [0.4, 0.5) is 0 Å². The number of hydrogen-bond donors (Lipinski definition) is 3. The van der Waals surface area contributed by atoms with Crippen LogP contribution < -0.4 is 18.7 Å². The van der Waals surface area contributed by atoms with Crippen LogP contribution in [0.15, 0.2) is 35.2 Å². The summed E-state index contributed by atoms with van der Waals surface area (Å²) < 4.78 is 32.3. The Bertz CT molecular complexity index is 1080. The number of methoxy groups -OCH3 is 3. The molecule has 0 bridgehead atoms. The second-order valence-corrected chi connectivity index (χ2v) is 7.91. The van der Waals surface area contributed by atoms with Crippen LogP contribution in [0.25, 0.3) is 22.5 Å². The SMILES string of the molecule is COc1cc(-c2nn[nH]c2-c2ccc(SC)c(OP(=O)(O)O)c2)cc(OC)c1OC.[NaH]. The van der Waals surface area contributed by atoms with E-state index in [0.29, 0.717) is 44.7 Å². The molecule has 0 spiro atoms. The molecule has 0 fully saturated rings. The summed E-state index contributed by atoms with van der Waals surface area (Å²) >= 11 is 1.30. The third kappa shape index (κ3) is 5.75. The van der Waals surface area contributed by atoms with Gasteiger partial charge in [-0.05, 0) is 30.5 Å². The number of hydrogen-bond acceptors (Lipinski definition) is 8. The van der Waals surface area contributed by atoms with Crippen LogP contribution in [0, 0.1) is 0 Å². The molecular weight excluding hydrogens is 456 g/mol. The minimum absolute atomic E-state index is 0. The number of phosphoric ester groups is 1. The molecule has 3 N–H and O–H groups in total. The van der Waals surface area contributed by atoms with Crippen LogP contribution in [-0.2, 0) is 4.57 Å². The van der Waals surface area contributed by atoms with Gasteiger partial charge in [0, 0.05) is 16.0 Å². The number of nitrogens with zero attached hydrogens (tertiary/aromatic N) is 2. The molecule has 31 heavy (non-hydrogen) atoms. The second-order valence-electron chi connectivity index (χ2n) is 5.90. The Morgan fingerprint density at radius 3 is 2.10 bits per heavy atom. The number of aromatic nitrogens is 3. The van der Waals surface area contributed by atoms with Gasteiger partial charge in [-0.3, -0.25) is 14.9 Å². The summed E-state index contributed by atoms with van der Waals surface area (Å²) in [6.45, 7) is 0. The molecule has 0 aliphatic carbocycles. The van der Waals surface area contributed by atoms with E-state index in [1.165, 1.54) is 39.2 Å². The van der Waals surface area contributed by atoms with Gasteiger partial charge in [-0.1, -0.05) is 11.3 Å². The van der Waals surface area contributed by atoms with E-state index in [0.717, 1.165) is 0 Å². The summed E-state index contributed by atoms with van der Waals surface area (Å²) in [7, 11) is -0.192. The van der Waals surface area contributed by atoms with E-state index in [1.807, 2.05) is 0 Å². The molecule has 162 valence electrons. The van der Waals surface area contributed by atoms with Gasteiger partial charge >= 0.3 is 37.4 Å². The van der Waals surface area contributed by atoms with Gasteiger partial charge in [0.05, 0.1) is 27.0 Å². The van der Waals surface area contributed by atoms with E-state index in [1.54, 1.807) is 30.5 Å². The van der Waals surface area contributed by atoms with Crippen LogP contribution in [-0.4, -0.2) is 82.3 Å². The fourth-order valence-electron chi connectivity index (χ4n) is 2.88. The molecule has 3 aromatic rings. The first-order valence-corrected chi connectivity index (χ1v) is 11.2. The fourth-order valence-corrected chi connectivity index (χ4v) is 3.86. The van der Waals surface area contributed by atoms with Crippen LogP contribution >= 0.6 is 19.6 Å². The molecule has 0 saturated carbocycles. The molecule has 0 saturated heterocycles. The average molecular weight is 477 g/mol. The first kappa shape index (κ1) is 25.5. The van der Waals surface area contributed by atoms with Gasteiger partial charge in [0.15, 0.2) is 11.5 Å². The normalized spacial score (nSPS) is 10.9. The summed E-state index contributed by atoms with van der Waals surface area (Å²) in [4.78, 5) is 19.0. The summed E-state index contributed by atoms with van der Waals surface area (Å²) in [5.41, 5.74) is 2.21. The van der Waals surface area contributed by atoms with E-state index in [9.17, 15) is 14.4 Å². The Hall–Kier alpha value is -1.72. The van der Waals surface area contributed by atoms with Crippen LogP contribution in [0.3, 0.4) is 0 Å².